The Kier molecular flexibility index (Phi) is 6.35. The van der Waals surface area contributed by atoms with Crippen LogP contribution in [0.25, 0.3) is 0 Å². The van der Waals surface area contributed by atoms with Gasteiger partial charge < -0.3 is 15.4 Å². The van der Waals surface area contributed by atoms with Gasteiger partial charge in [0.15, 0.2) is 6.23 Å². The standard InChI is InChI=1S/C18H20Cl2N2O2/c1-11(2)14-6-4-5-7-17(14)24-12(3)21-18(23)22-13-8-9-15(19)16(20)10-13/h4-12H,1-3H3,(H2,21,22,23). The fourth-order valence-electron chi connectivity index (χ4n) is 2.21. The largest absolute Gasteiger partial charge is 0.471 e. The zero-order chi connectivity index (χ0) is 17.7. The monoisotopic (exact) mass is 366 g/mol. The van der Waals surface area contributed by atoms with Crippen LogP contribution in [0.15, 0.2) is 42.5 Å². The Hall–Kier alpha value is -1.91. The number of ether oxygens (including phenoxy) is 1. The first kappa shape index (κ1) is 18.4. The number of amides is 2. The predicted molar refractivity (Wildman–Crippen MR) is 99.2 cm³/mol. The molecular weight excluding hydrogens is 347 g/mol. The average Bonchev–Trinajstić information content (AvgIpc) is 2.51. The van der Waals surface area contributed by atoms with E-state index in [2.05, 4.69) is 24.5 Å². The molecule has 0 bridgehead atoms. The molecule has 0 spiro atoms. The normalized spacial score (nSPS) is 11.9. The molecule has 0 aliphatic heterocycles. The number of urea groups is 1. The van der Waals surface area contributed by atoms with Gasteiger partial charge in [-0.15, -0.1) is 0 Å². The molecular formula is C18H20Cl2N2O2. The molecule has 1 unspecified atom stereocenters. The van der Waals surface area contributed by atoms with Gasteiger partial charge in [0, 0.05) is 5.69 Å². The molecule has 4 nitrogen and oxygen atoms in total. The zero-order valence-corrected chi connectivity index (χ0v) is 15.3. The summed E-state index contributed by atoms with van der Waals surface area (Å²) in [5.41, 5.74) is 1.65. The Labute approximate surface area is 152 Å². The molecule has 0 fully saturated rings. The number of para-hydroxylation sites is 1. The maximum atomic E-state index is 12.0. The van der Waals surface area contributed by atoms with E-state index in [1.165, 1.54) is 0 Å². The van der Waals surface area contributed by atoms with Gasteiger partial charge in [-0.2, -0.15) is 0 Å². The van der Waals surface area contributed by atoms with Crippen molar-refractivity contribution in [2.75, 3.05) is 5.32 Å². The molecule has 0 saturated heterocycles. The van der Waals surface area contributed by atoms with E-state index in [-0.39, 0.29) is 6.03 Å². The predicted octanol–water partition coefficient (Wildman–Crippen LogP) is 5.66. The van der Waals surface area contributed by atoms with E-state index < -0.39 is 6.23 Å². The molecule has 0 saturated carbocycles. The lowest BCUT2D eigenvalue weighted by molar-refractivity contribution is 0.181. The number of carbonyl (C=O) groups excluding carboxylic acids is 1. The number of benzene rings is 2. The van der Waals surface area contributed by atoms with Crippen LogP contribution < -0.4 is 15.4 Å². The number of carbonyl (C=O) groups is 1. The molecule has 1 atom stereocenters. The zero-order valence-electron chi connectivity index (χ0n) is 13.8. The van der Waals surface area contributed by atoms with Gasteiger partial charge in [-0.3, -0.25) is 0 Å². The van der Waals surface area contributed by atoms with E-state index >= 15 is 0 Å². The van der Waals surface area contributed by atoms with Crippen LogP contribution in [0.4, 0.5) is 10.5 Å². The third-order valence-electron chi connectivity index (χ3n) is 3.36. The lowest BCUT2D eigenvalue weighted by Gasteiger charge is -2.20. The van der Waals surface area contributed by atoms with Gasteiger partial charge in [0.05, 0.1) is 10.0 Å². The van der Waals surface area contributed by atoms with E-state index in [0.29, 0.717) is 21.7 Å². The fraction of sp³-hybridized carbons (Fsp3) is 0.278. The molecule has 128 valence electrons. The van der Waals surface area contributed by atoms with Crippen LogP contribution in [0.3, 0.4) is 0 Å². The molecule has 24 heavy (non-hydrogen) atoms. The average molecular weight is 367 g/mol. The van der Waals surface area contributed by atoms with Gasteiger partial charge in [-0.25, -0.2) is 4.79 Å². The van der Waals surface area contributed by atoms with Gasteiger partial charge in [0.1, 0.15) is 5.75 Å². The summed E-state index contributed by atoms with van der Waals surface area (Å²) in [6, 6.07) is 12.3. The van der Waals surface area contributed by atoms with Gasteiger partial charge in [0.25, 0.3) is 0 Å². The second-order valence-electron chi connectivity index (χ2n) is 5.68. The SMILES string of the molecule is CC(NC(=O)Nc1ccc(Cl)c(Cl)c1)Oc1ccccc1C(C)C. The maximum absolute atomic E-state index is 12.0. The van der Waals surface area contributed by atoms with Crippen molar-refractivity contribution in [2.45, 2.75) is 32.9 Å². The van der Waals surface area contributed by atoms with Crippen LogP contribution >= 0.6 is 23.2 Å². The molecule has 2 rings (SSSR count). The van der Waals surface area contributed by atoms with E-state index in [4.69, 9.17) is 27.9 Å². The van der Waals surface area contributed by atoms with Crippen LogP contribution in [-0.2, 0) is 0 Å². The molecule has 0 aliphatic rings. The minimum absolute atomic E-state index is 0.332. The summed E-state index contributed by atoms with van der Waals surface area (Å²) in [6.07, 6.45) is -0.493. The molecule has 0 aromatic heterocycles. The van der Waals surface area contributed by atoms with Crippen molar-refractivity contribution in [1.29, 1.82) is 0 Å². The van der Waals surface area contributed by atoms with E-state index in [1.54, 1.807) is 25.1 Å². The van der Waals surface area contributed by atoms with Crippen LogP contribution in [0.5, 0.6) is 5.75 Å². The second kappa shape index (κ2) is 8.27. The van der Waals surface area contributed by atoms with Crippen molar-refractivity contribution in [3.63, 3.8) is 0 Å². The smallest absolute Gasteiger partial charge is 0.322 e. The molecule has 0 aliphatic carbocycles. The van der Waals surface area contributed by atoms with E-state index in [0.717, 1.165) is 11.3 Å². The Morgan fingerprint density at radius 3 is 2.42 bits per heavy atom. The fourth-order valence-corrected chi connectivity index (χ4v) is 2.51. The lowest BCUT2D eigenvalue weighted by atomic mass is 10.0. The highest BCUT2D eigenvalue weighted by molar-refractivity contribution is 6.42. The summed E-state index contributed by atoms with van der Waals surface area (Å²) >= 11 is 11.8. The van der Waals surface area contributed by atoms with Crippen molar-refractivity contribution in [3.05, 3.63) is 58.1 Å². The first-order valence-electron chi connectivity index (χ1n) is 7.65. The van der Waals surface area contributed by atoms with Gasteiger partial charge in [-0.1, -0.05) is 55.2 Å². The van der Waals surface area contributed by atoms with E-state index in [9.17, 15) is 4.79 Å². The van der Waals surface area contributed by atoms with Gasteiger partial charge in [-0.05, 0) is 42.7 Å². The third kappa shape index (κ3) is 5.05. The van der Waals surface area contributed by atoms with Crippen LogP contribution in [0, 0.1) is 0 Å². The van der Waals surface area contributed by atoms with Gasteiger partial charge >= 0.3 is 6.03 Å². The molecule has 2 aromatic rings. The molecule has 2 aromatic carbocycles. The minimum atomic E-state index is -0.493. The van der Waals surface area contributed by atoms with Crippen molar-refractivity contribution >= 4 is 34.9 Å². The number of hydrogen-bond acceptors (Lipinski definition) is 2. The highest BCUT2D eigenvalue weighted by Gasteiger charge is 2.13. The minimum Gasteiger partial charge on any atom is -0.471 e. The quantitative estimate of drug-likeness (QED) is 0.670. The lowest BCUT2D eigenvalue weighted by Crippen LogP contribution is -2.39. The molecule has 6 heteroatoms. The number of rotatable bonds is 5. The summed E-state index contributed by atoms with van der Waals surface area (Å²) in [6.45, 7) is 5.96. The molecule has 2 N–H and O–H groups in total. The van der Waals surface area contributed by atoms with Crippen LogP contribution in [0.2, 0.25) is 10.0 Å². The Balaban J connectivity index is 1.95. The Morgan fingerprint density at radius 2 is 1.75 bits per heavy atom. The summed E-state index contributed by atoms with van der Waals surface area (Å²) in [7, 11) is 0. The van der Waals surface area contributed by atoms with E-state index in [1.807, 2.05) is 24.3 Å². The Morgan fingerprint density at radius 1 is 1.04 bits per heavy atom. The highest BCUT2D eigenvalue weighted by Crippen LogP contribution is 2.27. The molecule has 0 radical (unpaired) electrons. The summed E-state index contributed by atoms with van der Waals surface area (Å²) < 4.78 is 5.84. The highest BCUT2D eigenvalue weighted by atomic mass is 35.5. The number of nitrogens with one attached hydrogen (secondary N) is 2. The summed E-state index contributed by atoms with van der Waals surface area (Å²) in [5.74, 6) is 1.09. The van der Waals surface area contributed by atoms with Crippen molar-refractivity contribution in [1.82, 2.24) is 5.32 Å². The van der Waals surface area contributed by atoms with Crippen LogP contribution in [0.1, 0.15) is 32.3 Å². The van der Waals surface area contributed by atoms with Crippen LogP contribution in [-0.4, -0.2) is 12.3 Å². The van der Waals surface area contributed by atoms with Gasteiger partial charge in [0.2, 0.25) is 0 Å². The first-order valence-corrected chi connectivity index (χ1v) is 8.40. The number of hydrogen-bond donors (Lipinski definition) is 2. The number of halogens is 2. The van der Waals surface area contributed by atoms with Crippen molar-refractivity contribution in [3.8, 4) is 5.75 Å². The molecule has 2 amide bonds. The number of anilines is 1. The molecule has 0 heterocycles. The summed E-state index contributed by atoms with van der Waals surface area (Å²) in [4.78, 5) is 12.0. The topological polar surface area (TPSA) is 50.4 Å². The maximum Gasteiger partial charge on any atom is 0.322 e. The second-order valence-corrected chi connectivity index (χ2v) is 6.49. The summed E-state index contributed by atoms with van der Waals surface area (Å²) in [5, 5.41) is 6.23. The first-order chi connectivity index (χ1) is 11.4. The third-order valence-corrected chi connectivity index (χ3v) is 4.10. The Bertz CT molecular complexity index is 720. The van der Waals surface area contributed by atoms with Crippen molar-refractivity contribution in [2.24, 2.45) is 0 Å². The van der Waals surface area contributed by atoms with Crippen molar-refractivity contribution < 1.29 is 9.53 Å².